The van der Waals surface area contributed by atoms with Gasteiger partial charge in [-0.1, -0.05) is 26.7 Å². The summed E-state index contributed by atoms with van der Waals surface area (Å²) in [5, 5.41) is 0. The molecule has 2 aliphatic rings. The fourth-order valence-corrected chi connectivity index (χ4v) is 3.58. The molecule has 1 saturated heterocycles. The summed E-state index contributed by atoms with van der Waals surface area (Å²) in [6, 6.07) is 1.13. The molecule has 0 bridgehead atoms. The van der Waals surface area contributed by atoms with Gasteiger partial charge in [-0.15, -0.1) is 0 Å². The third-order valence-corrected chi connectivity index (χ3v) is 4.15. The van der Waals surface area contributed by atoms with Crippen molar-refractivity contribution in [3.05, 3.63) is 0 Å². The quantitative estimate of drug-likeness (QED) is 0.719. The monoisotopic (exact) mass is 210 g/mol. The first-order valence-electron chi connectivity index (χ1n) is 6.66. The summed E-state index contributed by atoms with van der Waals surface area (Å²) in [5.41, 5.74) is 6.26. The van der Waals surface area contributed by atoms with Crippen LogP contribution >= 0.6 is 0 Å². The standard InChI is InChI=1S/C13H26N2/c1-10-7-11(2)9-15(8-10)13-6-4-3-5-12(13)14/h10-13H,3-9,14H2,1-2H3. The van der Waals surface area contributed by atoms with E-state index in [0.29, 0.717) is 12.1 Å². The van der Waals surface area contributed by atoms with Crippen molar-refractivity contribution in [2.45, 2.75) is 58.0 Å². The molecule has 88 valence electrons. The number of rotatable bonds is 1. The Hall–Kier alpha value is -0.0800. The highest BCUT2D eigenvalue weighted by atomic mass is 15.2. The minimum atomic E-state index is 0.441. The van der Waals surface area contributed by atoms with Crippen molar-refractivity contribution in [1.82, 2.24) is 4.90 Å². The molecule has 1 heterocycles. The van der Waals surface area contributed by atoms with Crippen LogP contribution in [-0.4, -0.2) is 30.1 Å². The van der Waals surface area contributed by atoms with Crippen LogP contribution in [-0.2, 0) is 0 Å². The first-order chi connectivity index (χ1) is 7.16. The van der Waals surface area contributed by atoms with Gasteiger partial charge < -0.3 is 5.73 Å². The van der Waals surface area contributed by atoms with Gasteiger partial charge in [0, 0.05) is 25.2 Å². The second kappa shape index (κ2) is 4.84. The lowest BCUT2D eigenvalue weighted by Gasteiger charge is -2.44. The van der Waals surface area contributed by atoms with E-state index in [2.05, 4.69) is 18.7 Å². The fraction of sp³-hybridized carbons (Fsp3) is 1.00. The topological polar surface area (TPSA) is 29.3 Å². The number of hydrogen-bond acceptors (Lipinski definition) is 2. The average Bonchev–Trinajstić information content (AvgIpc) is 2.16. The van der Waals surface area contributed by atoms with Crippen LogP contribution in [0.25, 0.3) is 0 Å². The van der Waals surface area contributed by atoms with E-state index in [1.165, 1.54) is 45.2 Å². The van der Waals surface area contributed by atoms with Gasteiger partial charge in [-0.05, 0) is 31.1 Å². The molecular weight excluding hydrogens is 184 g/mol. The molecule has 1 aliphatic carbocycles. The van der Waals surface area contributed by atoms with Gasteiger partial charge in [0.25, 0.3) is 0 Å². The van der Waals surface area contributed by atoms with Gasteiger partial charge in [0.15, 0.2) is 0 Å². The highest BCUT2D eigenvalue weighted by Gasteiger charge is 2.31. The Kier molecular flexibility index (Phi) is 3.68. The minimum absolute atomic E-state index is 0.441. The molecule has 2 fully saturated rings. The van der Waals surface area contributed by atoms with Gasteiger partial charge in [-0.2, -0.15) is 0 Å². The maximum Gasteiger partial charge on any atom is 0.0247 e. The second-order valence-electron chi connectivity index (χ2n) is 5.92. The molecule has 4 atom stereocenters. The van der Waals surface area contributed by atoms with Crippen molar-refractivity contribution < 1.29 is 0 Å². The first kappa shape index (κ1) is 11.4. The molecule has 2 N–H and O–H groups in total. The summed E-state index contributed by atoms with van der Waals surface area (Å²) in [6.07, 6.45) is 6.71. The normalized spacial score (nSPS) is 44.2. The van der Waals surface area contributed by atoms with E-state index in [1.807, 2.05) is 0 Å². The van der Waals surface area contributed by atoms with Gasteiger partial charge >= 0.3 is 0 Å². The maximum absolute atomic E-state index is 6.26. The molecule has 0 aromatic heterocycles. The van der Waals surface area contributed by atoms with Crippen molar-refractivity contribution in [2.24, 2.45) is 17.6 Å². The van der Waals surface area contributed by atoms with Crippen molar-refractivity contribution >= 4 is 0 Å². The minimum Gasteiger partial charge on any atom is -0.326 e. The van der Waals surface area contributed by atoms with Crippen LogP contribution < -0.4 is 5.73 Å². The second-order valence-corrected chi connectivity index (χ2v) is 5.92. The Balaban J connectivity index is 1.95. The van der Waals surface area contributed by atoms with Gasteiger partial charge in [0.1, 0.15) is 0 Å². The van der Waals surface area contributed by atoms with Crippen molar-refractivity contribution in [2.75, 3.05) is 13.1 Å². The van der Waals surface area contributed by atoms with Crippen molar-refractivity contribution in [1.29, 1.82) is 0 Å². The lowest BCUT2D eigenvalue weighted by atomic mass is 9.85. The molecule has 0 aromatic carbocycles. The fourth-order valence-electron chi connectivity index (χ4n) is 3.58. The van der Waals surface area contributed by atoms with Crippen LogP contribution in [0.1, 0.15) is 46.0 Å². The predicted molar refractivity (Wildman–Crippen MR) is 64.7 cm³/mol. The molecule has 0 spiro atoms. The van der Waals surface area contributed by atoms with E-state index in [-0.39, 0.29) is 0 Å². The third kappa shape index (κ3) is 2.73. The largest absolute Gasteiger partial charge is 0.326 e. The molecule has 1 saturated carbocycles. The molecular formula is C13H26N2. The molecule has 0 amide bonds. The Bertz CT molecular complexity index is 195. The van der Waals surface area contributed by atoms with E-state index in [4.69, 9.17) is 5.73 Å². The van der Waals surface area contributed by atoms with E-state index in [0.717, 1.165) is 11.8 Å². The van der Waals surface area contributed by atoms with Gasteiger partial charge in [-0.25, -0.2) is 0 Å². The number of hydrogen-bond donors (Lipinski definition) is 1. The molecule has 2 heteroatoms. The van der Waals surface area contributed by atoms with Crippen LogP contribution in [0.3, 0.4) is 0 Å². The molecule has 0 radical (unpaired) electrons. The van der Waals surface area contributed by atoms with Crippen molar-refractivity contribution in [3.63, 3.8) is 0 Å². The van der Waals surface area contributed by atoms with Crippen LogP contribution in [0.15, 0.2) is 0 Å². The van der Waals surface area contributed by atoms with Gasteiger partial charge in [0.2, 0.25) is 0 Å². The highest BCUT2D eigenvalue weighted by molar-refractivity contribution is 4.89. The van der Waals surface area contributed by atoms with E-state index >= 15 is 0 Å². The number of likely N-dealkylation sites (tertiary alicyclic amines) is 1. The van der Waals surface area contributed by atoms with Crippen molar-refractivity contribution in [3.8, 4) is 0 Å². The van der Waals surface area contributed by atoms with Crippen LogP contribution in [0.5, 0.6) is 0 Å². The molecule has 2 nitrogen and oxygen atoms in total. The van der Waals surface area contributed by atoms with E-state index in [1.54, 1.807) is 0 Å². The summed E-state index contributed by atoms with van der Waals surface area (Å²) in [6.45, 7) is 7.33. The van der Waals surface area contributed by atoms with Crippen LogP contribution in [0.2, 0.25) is 0 Å². The third-order valence-electron chi connectivity index (χ3n) is 4.15. The summed E-state index contributed by atoms with van der Waals surface area (Å²) in [7, 11) is 0. The highest BCUT2D eigenvalue weighted by Crippen LogP contribution is 2.28. The molecule has 15 heavy (non-hydrogen) atoms. The van der Waals surface area contributed by atoms with Gasteiger partial charge in [-0.3, -0.25) is 4.90 Å². The number of nitrogens with two attached hydrogens (primary N) is 1. The first-order valence-corrected chi connectivity index (χ1v) is 6.66. The van der Waals surface area contributed by atoms with Crippen LogP contribution in [0.4, 0.5) is 0 Å². The zero-order valence-corrected chi connectivity index (χ0v) is 10.3. The number of piperidine rings is 1. The van der Waals surface area contributed by atoms with E-state index in [9.17, 15) is 0 Å². The Morgan fingerprint density at radius 3 is 2.20 bits per heavy atom. The lowest BCUT2D eigenvalue weighted by molar-refractivity contribution is 0.0654. The smallest absolute Gasteiger partial charge is 0.0247 e. The Labute approximate surface area is 94.2 Å². The summed E-state index contributed by atoms with van der Waals surface area (Å²) in [4.78, 5) is 2.68. The maximum atomic E-state index is 6.26. The van der Waals surface area contributed by atoms with Gasteiger partial charge in [0.05, 0.1) is 0 Å². The molecule has 1 aliphatic heterocycles. The lowest BCUT2D eigenvalue weighted by Crippen LogP contribution is -2.53. The van der Waals surface area contributed by atoms with E-state index < -0.39 is 0 Å². The number of nitrogens with zero attached hydrogens (tertiary/aromatic N) is 1. The SMILES string of the molecule is CC1CC(C)CN(C2CCCCC2N)C1. The molecule has 4 unspecified atom stereocenters. The average molecular weight is 210 g/mol. The summed E-state index contributed by atoms with van der Waals surface area (Å²) in [5.74, 6) is 1.73. The summed E-state index contributed by atoms with van der Waals surface area (Å²) < 4.78 is 0. The Morgan fingerprint density at radius 1 is 1.00 bits per heavy atom. The zero-order chi connectivity index (χ0) is 10.8. The summed E-state index contributed by atoms with van der Waals surface area (Å²) >= 11 is 0. The molecule has 2 rings (SSSR count). The Morgan fingerprint density at radius 2 is 1.60 bits per heavy atom. The predicted octanol–water partition coefficient (Wildman–Crippen LogP) is 2.23. The van der Waals surface area contributed by atoms with Crippen LogP contribution in [0, 0.1) is 11.8 Å². The molecule has 0 aromatic rings. The zero-order valence-electron chi connectivity index (χ0n) is 10.3.